The van der Waals surface area contributed by atoms with E-state index < -0.39 is 5.97 Å². The molecule has 0 amide bonds. The molecule has 0 unspecified atom stereocenters. The fraction of sp³-hybridized carbons (Fsp3) is 0.320. The molecular formula is C25H24FN3O4. The summed E-state index contributed by atoms with van der Waals surface area (Å²) in [6, 6.07) is 10.5. The standard InChI is InChI=1S/C25H24FN3O4/c1-13(2)24-23(14-3-5-16(26)6-4-14)19-7-15-11-27-29-21(15)10-20(19)25(28-24)33-18-8-17(9-18)32-12-22(30)31/h3-7,10-11,13,17-18H,8-9,12H2,1-2H3,(H,27,29)(H,30,31). The Morgan fingerprint density at radius 2 is 1.94 bits per heavy atom. The van der Waals surface area contributed by atoms with Gasteiger partial charge in [-0.3, -0.25) is 5.10 Å². The Bertz CT molecular complexity index is 1330. The second-order valence-electron chi connectivity index (χ2n) is 8.73. The molecule has 2 N–H and O–H groups in total. The number of rotatable bonds is 7. The van der Waals surface area contributed by atoms with Gasteiger partial charge in [0.05, 0.1) is 23.5 Å². The summed E-state index contributed by atoms with van der Waals surface area (Å²) in [5, 5.41) is 18.7. The lowest BCUT2D eigenvalue weighted by Gasteiger charge is -2.35. The van der Waals surface area contributed by atoms with Crippen LogP contribution in [0.4, 0.5) is 4.39 Å². The maximum absolute atomic E-state index is 13.6. The molecule has 4 aromatic rings. The van der Waals surface area contributed by atoms with Crippen molar-refractivity contribution in [3.63, 3.8) is 0 Å². The Kier molecular flexibility index (Phi) is 5.46. The molecule has 8 heteroatoms. The molecule has 2 heterocycles. The number of fused-ring (bicyclic) bond motifs is 2. The number of H-pyrrole nitrogens is 1. The normalized spacial score (nSPS) is 18.1. The Balaban J connectivity index is 1.59. The maximum Gasteiger partial charge on any atom is 0.329 e. The quantitative estimate of drug-likeness (QED) is 0.410. The van der Waals surface area contributed by atoms with Gasteiger partial charge in [-0.15, -0.1) is 0 Å². The largest absolute Gasteiger partial charge is 0.480 e. The predicted octanol–water partition coefficient (Wildman–Crippen LogP) is 5.05. The summed E-state index contributed by atoms with van der Waals surface area (Å²) in [6.45, 7) is 3.83. The van der Waals surface area contributed by atoms with Crippen molar-refractivity contribution in [2.75, 3.05) is 6.61 Å². The van der Waals surface area contributed by atoms with Crippen molar-refractivity contribution < 1.29 is 23.8 Å². The minimum Gasteiger partial charge on any atom is -0.480 e. The van der Waals surface area contributed by atoms with E-state index in [4.69, 9.17) is 19.6 Å². The zero-order valence-corrected chi connectivity index (χ0v) is 18.3. The molecule has 0 bridgehead atoms. The van der Waals surface area contributed by atoms with E-state index in [0.29, 0.717) is 18.7 Å². The molecule has 2 aromatic heterocycles. The Morgan fingerprint density at radius 3 is 2.64 bits per heavy atom. The highest BCUT2D eigenvalue weighted by Gasteiger charge is 2.33. The first-order chi connectivity index (χ1) is 15.9. The van der Waals surface area contributed by atoms with Crippen LogP contribution in [-0.4, -0.2) is 45.1 Å². The molecule has 1 fully saturated rings. The first kappa shape index (κ1) is 21.3. The van der Waals surface area contributed by atoms with Crippen LogP contribution in [0.1, 0.15) is 38.3 Å². The van der Waals surface area contributed by atoms with Crippen LogP contribution in [0, 0.1) is 5.82 Å². The van der Waals surface area contributed by atoms with Gasteiger partial charge in [0.15, 0.2) is 0 Å². The first-order valence-corrected chi connectivity index (χ1v) is 11.0. The third kappa shape index (κ3) is 4.14. The highest BCUT2D eigenvalue weighted by Crippen LogP contribution is 2.41. The third-order valence-electron chi connectivity index (χ3n) is 6.01. The fourth-order valence-electron chi connectivity index (χ4n) is 4.26. The zero-order valence-electron chi connectivity index (χ0n) is 18.3. The number of ether oxygens (including phenoxy) is 2. The average Bonchev–Trinajstić information content (AvgIpc) is 3.21. The van der Waals surface area contributed by atoms with Crippen molar-refractivity contribution in [2.24, 2.45) is 0 Å². The number of hydrogen-bond acceptors (Lipinski definition) is 5. The molecule has 0 spiro atoms. The number of aromatic amines is 1. The van der Waals surface area contributed by atoms with Gasteiger partial charge in [-0.2, -0.15) is 5.10 Å². The molecule has 2 aromatic carbocycles. The highest BCUT2D eigenvalue weighted by atomic mass is 19.1. The number of carboxylic acid groups (broad SMARTS) is 1. The van der Waals surface area contributed by atoms with Crippen molar-refractivity contribution in [1.29, 1.82) is 0 Å². The van der Waals surface area contributed by atoms with E-state index in [0.717, 1.165) is 38.5 Å². The van der Waals surface area contributed by atoms with Gasteiger partial charge in [-0.1, -0.05) is 26.0 Å². The van der Waals surface area contributed by atoms with E-state index in [-0.39, 0.29) is 30.5 Å². The topological polar surface area (TPSA) is 97.3 Å². The Labute approximate surface area is 189 Å². The minimum absolute atomic E-state index is 0.102. The van der Waals surface area contributed by atoms with Crippen LogP contribution in [0.15, 0.2) is 42.6 Å². The number of nitrogens with one attached hydrogen (secondary N) is 1. The number of halogens is 1. The monoisotopic (exact) mass is 449 g/mol. The van der Waals surface area contributed by atoms with Gasteiger partial charge < -0.3 is 14.6 Å². The molecule has 7 nitrogen and oxygen atoms in total. The molecule has 1 aliphatic carbocycles. The number of carboxylic acids is 1. The van der Waals surface area contributed by atoms with Gasteiger partial charge in [-0.25, -0.2) is 14.2 Å². The SMILES string of the molecule is CC(C)c1nc(OC2CC(OCC(=O)O)C2)c2cc3[nH]ncc3cc2c1-c1ccc(F)cc1. The molecule has 0 radical (unpaired) electrons. The second kappa shape index (κ2) is 8.44. The summed E-state index contributed by atoms with van der Waals surface area (Å²) in [5.41, 5.74) is 3.57. The van der Waals surface area contributed by atoms with Gasteiger partial charge >= 0.3 is 5.97 Å². The van der Waals surface area contributed by atoms with Gasteiger partial charge in [-0.05, 0) is 41.1 Å². The summed E-state index contributed by atoms with van der Waals surface area (Å²) in [4.78, 5) is 15.6. The van der Waals surface area contributed by atoms with Crippen LogP contribution in [0.3, 0.4) is 0 Å². The lowest BCUT2D eigenvalue weighted by Crippen LogP contribution is -2.40. The van der Waals surface area contributed by atoms with Gasteiger partial charge in [0.1, 0.15) is 18.5 Å². The average molecular weight is 449 g/mol. The van der Waals surface area contributed by atoms with E-state index in [1.54, 1.807) is 18.3 Å². The number of aliphatic carboxylic acids is 1. The van der Waals surface area contributed by atoms with Crippen LogP contribution in [0.2, 0.25) is 0 Å². The molecular weight excluding hydrogens is 425 g/mol. The van der Waals surface area contributed by atoms with E-state index >= 15 is 0 Å². The van der Waals surface area contributed by atoms with Crippen molar-refractivity contribution in [1.82, 2.24) is 15.2 Å². The van der Waals surface area contributed by atoms with Crippen molar-refractivity contribution in [3.8, 4) is 17.0 Å². The van der Waals surface area contributed by atoms with Gasteiger partial charge in [0.2, 0.25) is 5.88 Å². The van der Waals surface area contributed by atoms with E-state index in [1.807, 2.05) is 6.07 Å². The number of nitrogens with zero attached hydrogens (tertiary/aromatic N) is 2. The molecule has 1 saturated carbocycles. The van der Waals surface area contributed by atoms with E-state index in [2.05, 4.69) is 30.1 Å². The van der Waals surface area contributed by atoms with Gasteiger partial charge in [0.25, 0.3) is 0 Å². The first-order valence-electron chi connectivity index (χ1n) is 11.0. The molecule has 0 saturated heterocycles. The number of hydrogen-bond donors (Lipinski definition) is 2. The number of aromatic nitrogens is 3. The molecule has 33 heavy (non-hydrogen) atoms. The van der Waals surface area contributed by atoms with Crippen LogP contribution in [0.5, 0.6) is 5.88 Å². The lowest BCUT2D eigenvalue weighted by atomic mass is 9.91. The summed E-state index contributed by atoms with van der Waals surface area (Å²) >= 11 is 0. The fourth-order valence-corrected chi connectivity index (χ4v) is 4.26. The van der Waals surface area contributed by atoms with Crippen molar-refractivity contribution >= 4 is 27.6 Å². The van der Waals surface area contributed by atoms with Gasteiger partial charge in [0, 0.05) is 29.2 Å². The smallest absolute Gasteiger partial charge is 0.329 e. The predicted molar refractivity (Wildman–Crippen MR) is 122 cm³/mol. The highest BCUT2D eigenvalue weighted by molar-refractivity contribution is 6.06. The maximum atomic E-state index is 13.6. The third-order valence-corrected chi connectivity index (χ3v) is 6.01. The Hall–Kier alpha value is -3.52. The summed E-state index contributed by atoms with van der Waals surface area (Å²) in [6.07, 6.45) is 2.77. The number of pyridine rings is 1. The molecule has 170 valence electrons. The van der Waals surface area contributed by atoms with Crippen LogP contribution in [-0.2, 0) is 9.53 Å². The van der Waals surface area contributed by atoms with Crippen LogP contribution >= 0.6 is 0 Å². The lowest BCUT2D eigenvalue weighted by molar-refractivity contribution is -0.149. The molecule has 0 aliphatic heterocycles. The number of benzene rings is 2. The van der Waals surface area contributed by atoms with Crippen molar-refractivity contribution in [2.45, 2.75) is 44.8 Å². The van der Waals surface area contributed by atoms with Crippen LogP contribution in [0.25, 0.3) is 32.8 Å². The zero-order chi connectivity index (χ0) is 23.1. The second-order valence-corrected chi connectivity index (χ2v) is 8.73. The van der Waals surface area contributed by atoms with E-state index in [9.17, 15) is 9.18 Å². The Morgan fingerprint density at radius 1 is 1.18 bits per heavy atom. The minimum atomic E-state index is -0.978. The molecule has 1 aliphatic rings. The van der Waals surface area contributed by atoms with Crippen LogP contribution < -0.4 is 4.74 Å². The summed E-state index contributed by atoms with van der Waals surface area (Å²) in [7, 11) is 0. The molecule has 5 rings (SSSR count). The number of carbonyl (C=O) groups is 1. The summed E-state index contributed by atoms with van der Waals surface area (Å²) in [5.74, 6) is -0.639. The summed E-state index contributed by atoms with van der Waals surface area (Å²) < 4.78 is 25.3. The van der Waals surface area contributed by atoms with Crippen molar-refractivity contribution in [3.05, 3.63) is 54.1 Å². The molecule has 0 atom stereocenters. The van der Waals surface area contributed by atoms with E-state index in [1.165, 1.54) is 12.1 Å².